The van der Waals surface area contributed by atoms with Gasteiger partial charge in [-0.1, -0.05) is 0 Å². The fourth-order valence-electron chi connectivity index (χ4n) is 2.12. The van der Waals surface area contributed by atoms with Crippen LogP contribution in [0.1, 0.15) is 29.6 Å². The Balaban J connectivity index is 1.73. The summed E-state index contributed by atoms with van der Waals surface area (Å²) < 4.78 is 24.4. The van der Waals surface area contributed by atoms with Crippen molar-refractivity contribution in [3.8, 4) is 0 Å². The van der Waals surface area contributed by atoms with Gasteiger partial charge in [0.2, 0.25) is 5.91 Å². The first-order chi connectivity index (χ1) is 10.6. The summed E-state index contributed by atoms with van der Waals surface area (Å²) in [5, 5.41) is 11.1. The second kappa shape index (κ2) is 7.86. The summed E-state index contributed by atoms with van der Waals surface area (Å²) >= 11 is 0. The van der Waals surface area contributed by atoms with Gasteiger partial charge in [-0.3, -0.25) is 4.79 Å². The van der Waals surface area contributed by atoms with E-state index < -0.39 is 17.7 Å². The third kappa shape index (κ3) is 4.78. The Morgan fingerprint density at radius 2 is 2.27 bits per heavy atom. The Bertz CT molecular complexity index is 543. The molecule has 0 spiro atoms. The molecule has 0 aliphatic carbocycles. The molecule has 1 heterocycles. The molecule has 0 saturated carbocycles. The molecule has 0 aromatic heterocycles. The number of carbonyl (C=O) groups is 2. The van der Waals surface area contributed by atoms with E-state index >= 15 is 0 Å². The fraction of sp³-hybridized carbons (Fsp3) is 0.467. The van der Waals surface area contributed by atoms with E-state index in [1.54, 1.807) is 0 Å². The van der Waals surface area contributed by atoms with E-state index in [4.69, 9.17) is 14.6 Å². The van der Waals surface area contributed by atoms with Crippen molar-refractivity contribution in [3.63, 3.8) is 0 Å². The summed E-state index contributed by atoms with van der Waals surface area (Å²) in [6, 6.07) is 3.32. The third-order valence-electron chi connectivity index (χ3n) is 3.29. The van der Waals surface area contributed by atoms with E-state index in [9.17, 15) is 14.0 Å². The molecular formula is C15H18FNO5. The minimum Gasteiger partial charge on any atom is -0.478 e. The van der Waals surface area contributed by atoms with Crippen molar-refractivity contribution < 1.29 is 28.6 Å². The zero-order valence-corrected chi connectivity index (χ0v) is 12.0. The van der Waals surface area contributed by atoms with Gasteiger partial charge in [0.15, 0.2) is 0 Å². The average molecular weight is 311 g/mol. The molecule has 1 aliphatic heterocycles. The standard InChI is InChI=1S/C15H18FNO5/c16-12-8-10(15(19)20)3-4-13(12)17-14(18)5-7-21-9-11-2-1-6-22-11/h3-4,8,11H,1-2,5-7,9H2,(H,17,18)(H,19,20). The summed E-state index contributed by atoms with van der Waals surface area (Å²) in [6.07, 6.45) is 2.18. The number of anilines is 1. The number of amides is 1. The van der Waals surface area contributed by atoms with Gasteiger partial charge >= 0.3 is 5.97 Å². The van der Waals surface area contributed by atoms with Crippen molar-refractivity contribution in [1.29, 1.82) is 0 Å². The maximum Gasteiger partial charge on any atom is 0.335 e. The quantitative estimate of drug-likeness (QED) is 0.753. The third-order valence-corrected chi connectivity index (χ3v) is 3.29. The highest BCUT2D eigenvalue weighted by Crippen LogP contribution is 2.16. The largest absolute Gasteiger partial charge is 0.478 e. The Hall–Kier alpha value is -1.99. The van der Waals surface area contributed by atoms with E-state index in [1.807, 2.05) is 0 Å². The van der Waals surface area contributed by atoms with Gasteiger partial charge in [-0.25, -0.2) is 9.18 Å². The fourth-order valence-corrected chi connectivity index (χ4v) is 2.12. The molecule has 1 amide bonds. The molecular weight excluding hydrogens is 293 g/mol. The molecule has 0 radical (unpaired) electrons. The zero-order chi connectivity index (χ0) is 15.9. The van der Waals surface area contributed by atoms with Crippen molar-refractivity contribution in [2.45, 2.75) is 25.4 Å². The van der Waals surface area contributed by atoms with Crippen LogP contribution in [0.2, 0.25) is 0 Å². The van der Waals surface area contributed by atoms with Gasteiger partial charge in [0.1, 0.15) is 5.82 Å². The van der Waals surface area contributed by atoms with Gasteiger partial charge < -0.3 is 19.9 Å². The minimum absolute atomic E-state index is 0.0471. The van der Waals surface area contributed by atoms with Gasteiger partial charge in [-0.05, 0) is 31.0 Å². The summed E-state index contributed by atoms with van der Waals surface area (Å²) in [5.41, 5.74) is -0.218. The smallest absolute Gasteiger partial charge is 0.335 e. The number of aromatic carboxylic acids is 1. The van der Waals surface area contributed by atoms with Crippen molar-refractivity contribution >= 4 is 17.6 Å². The highest BCUT2D eigenvalue weighted by molar-refractivity contribution is 5.92. The topological polar surface area (TPSA) is 84.9 Å². The van der Waals surface area contributed by atoms with E-state index in [0.29, 0.717) is 6.61 Å². The monoisotopic (exact) mass is 311 g/mol. The number of carboxylic acid groups (broad SMARTS) is 1. The zero-order valence-electron chi connectivity index (χ0n) is 12.0. The Labute approximate surface area is 127 Å². The lowest BCUT2D eigenvalue weighted by Gasteiger charge is -2.10. The maximum absolute atomic E-state index is 13.6. The molecule has 6 nitrogen and oxygen atoms in total. The van der Waals surface area contributed by atoms with Crippen LogP contribution in [-0.2, 0) is 14.3 Å². The number of carboxylic acids is 1. The maximum atomic E-state index is 13.6. The molecule has 2 N–H and O–H groups in total. The lowest BCUT2D eigenvalue weighted by Crippen LogP contribution is -2.18. The number of halogens is 1. The highest BCUT2D eigenvalue weighted by atomic mass is 19.1. The summed E-state index contributed by atoms with van der Waals surface area (Å²) in [5.74, 6) is -2.40. The number of hydrogen-bond donors (Lipinski definition) is 2. The van der Waals surface area contributed by atoms with Crippen molar-refractivity contribution in [2.24, 2.45) is 0 Å². The molecule has 1 aromatic rings. The summed E-state index contributed by atoms with van der Waals surface area (Å²) in [6.45, 7) is 1.43. The van der Waals surface area contributed by atoms with E-state index in [0.717, 1.165) is 25.5 Å². The van der Waals surface area contributed by atoms with Crippen LogP contribution in [0.25, 0.3) is 0 Å². The molecule has 120 valence electrons. The van der Waals surface area contributed by atoms with Crippen LogP contribution in [-0.4, -0.2) is 42.9 Å². The molecule has 7 heteroatoms. The number of carbonyl (C=O) groups excluding carboxylic acids is 1. The second-order valence-electron chi connectivity index (χ2n) is 5.01. The molecule has 1 saturated heterocycles. The number of benzene rings is 1. The summed E-state index contributed by atoms with van der Waals surface area (Å²) in [7, 11) is 0. The van der Waals surface area contributed by atoms with E-state index in [1.165, 1.54) is 12.1 Å². The van der Waals surface area contributed by atoms with Crippen LogP contribution in [0.5, 0.6) is 0 Å². The SMILES string of the molecule is O=C(CCOCC1CCCO1)Nc1ccc(C(=O)O)cc1F. The van der Waals surface area contributed by atoms with E-state index in [-0.39, 0.29) is 30.4 Å². The normalized spacial score (nSPS) is 17.4. The molecule has 2 rings (SSSR count). The molecule has 1 aromatic carbocycles. The second-order valence-corrected chi connectivity index (χ2v) is 5.01. The highest BCUT2D eigenvalue weighted by Gasteiger charge is 2.15. The van der Waals surface area contributed by atoms with Gasteiger partial charge in [0, 0.05) is 6.61 Å². The first-order valence-electron chi connectivity index (χ1n) is 7.08. The predicted octanol–water partition coefficient (Wildman–Crippen LogP) is 2.05. The van der Waals surface area contributed by atoms with Crippen LogP contribution in [0.4, 0.5) is 10.1 Å². The molecule has 0 bridgehead atoms. The first-order valence-corrected chi connectivity index (χ1v) is 7.08. The number of nitrogens with one attached hydrogen (secondary N) is 1. The minimum atomic E-state index is -1.22. The van der Waals surface area contributed by atoms with E-state index in [2.05, 4.69) is 5.32 Å². The Morgan fingerprint density at radius 3 is 2.91 bits per heavy atom. The van der Waals surface area contributed by atoms with Crippen LogP contribution in [0, 0.1) is 5.82 Å². The summed E-state index contributed by atoms with van der Waals surface area (Å²) in [4.78, 5) is 22.4. The van der Waals surface area contributed by atoms with Gasteiger partial charge in [-0.2, -0.15) is 0 Å². The Kier molecular flexibility index (Phi) is 5.85. The van der Waals surface area contributed by atoms with Gasteiger partial charge in [0.05, 0.1) is 37.0 Å². The van der Waals surface area contributed by atoms with Crippen LogP contribution in [0.3, 0.4) is 0 Å². The van der Waals surface area contributed by atoms with Gasteiger partial charge in [0.25, 0.3) is 0 Å². The van der Waals surface area contributed by atoms with Gasteiger partial charge in [-0.15, -0.1) is 0 Å². The lowest BCUT2D eigenvalue weighted by molar-refractivity contribution is -0.117. The first kappa shape index (κ1) is 16.4. The van der Waals surface area contributed by atoms with Crippen LogP contribution in [0.15, 0.2) is 18.2 Å². The average Bonchev–Trinajstić information content (AvgIpc) is 2.99. The van der Waals surface area contributed by atoms with Crippen molar-refractivity contribution in [2.75, 3.05) is 25.1 Å². The predicted molar refractivity (Wildman–Crippen MR) is 76.4 cm³/mol. The number of rotatable bonds is 7. The Morgan fingerprint density at radius 1 is 1.45 bits per heavy atom. The molecule has 1 unspecified atom stereocenters. The van der Waals surface area contributed by atoms with Crippen LogP contribution < -0.4 is 5.32 Å². The molecule has 1 fully saturated rings. The molecule has 22 heavy (non-hydrogen) atoms. The van der Waals surface area contributed by atoms with Crippen molar-refractivity contribution in [1.82, 2.24) is 0 Å². The van der Waals surface area contributed by atoms with Crippen LogP contribution >= 0.6 is 0 Å². The number of hydrogen-bond acceptors (Lipinski definition) is 4. The lowest BCUT2D eigenvalue weighted by atomic mass is 10.2. The van der Waals surface area contributed by atoms with Crippen molar-refractivity contribution in [3.05, 3.63) is 29.6 Å². The molecule has 1 atom stereocenters. The molecule has 1 aliphatic rings. The number of ether oxygens (including phenoxy) is 2.